The number of fused-ring (bicyclic) bond motifs is 1. The van der Waals surface area contributed by atoms with Crippen molar-refractivity contribution in [3.63, 3.8) is 0 Å². The van der Waals surface area contributed by atoms with Gasteiger partial charge in [0.15, 0.2) is 5.82 Å². The molecule has 0 N–H and O–H groups in total. The van der Waals surface area contributed by atoms with Gasteiger partial charge in [-0.3, -0.25) is 9.69 Å². The Bertz CT molecular complexity index is 1010. The van der Waals surface area contributed by atoms with Gasteiger partial charge in [-0.2, -0.15) is 4.98 Å². The maximum absolute atomic E-state index is 12.8. The molecule has 30 heavy (non-hydrogen) atoms. The van der Waals surface area contributed by atoms with Gasteiger partial charge in [0.25, 0.3) is 5.89 Å². The number of hydrogen-bond donors (Lipinski definition) is 0. The molecule has 2 aromatic carbocycles. The number of piperazine rings is 1. The van der Waals surface area contributed by atoms with Crippen LogP contribution in [0, 0.1) is 5.92 Å². The van der Waals surface area contributed by atoms with Gasteiger partial charge in [-0.05, 0) is 29.7 Å². The Balaban J connectivity index is 1.21. The van der Waals surface area contributed by atoms with Gasteiger partial charge in [0.2, 0.25) is 5.91 Å². The van der Waals surface area contributed by atoms with Crippen molar-refractivity contribution in [1.29, 1.82) is 0 Å². The number of amides is 1. The Hall–Kier alpha value is -2.73. The van der Waals surface area contributed by atoms with Gasteiger partial charge in [0, 0.05) is 37.7 Å². The van der Waals surface area contributed by atoms with E-state index in [1.807, 2.05) is 24.3 Å². The molecule has 6 nitrogen and oxygen atoms in total. The summed E-state index contributed by atoms with van der Waals surface area (Å²) in [5.74, 6) is 1.89. The summed E-state index contributed by atoms with van der Waals surface area (Å²) >= 11 is 0. The van der Waals surface area contributed by atoms with Gasteiger partial charge in [-0.1, -0.05) is 60.8 Å². The van der Waals surface area contributed by atoms with Crippen LogP contribution >= 0.6 is 0 Å². The quantitative estimate of drug-likeness (QED) is 0.655. The number of hydrogen-bond acceptors (Lipinski definition) is 5. The summed E-state index contributed by atoms with van der Waals surface area (Å²) < 4.78 is 5.59. The maximum Gasteiger partial charge on any atom is 0.258 e. The molecule has 2 heterocycles. The maximum atomic E-state index is 12.8. The van der Waals surface area contributed by atoms with E-state index in [1.54, 1.807) is 0 Å². The Kier molecular flexibility index (Phi) is 5.49. The fourth-order valence-electron chi connectivity index (χ4n) is 4.77. The van der Waals surface area contributed by atoms with Crippen LogP contribution in [0.2, 0.25) is 0 Å². The molecule has 0 spiro atoms. The third-order valence-corrected chi connectivity index (χ3v) is 6.49. The van der Waals surface area contributed by atoms with E-state index in [2.05, 4.69) is 38.1 Å². The Morgan fingerprint density at radius 3 is 2.57 bits per heavy atom. The van der Waals surface area contributed by atoms with Gasteiger partial charge in [0.1, 0.15) is 0 Å². The minimum Gasteiger partial charge on any atom is -0.340 e. The van der Waals surface area contributed by atoms with Crippen molar-refractivity contribution in [1.82, 2.24) is 19.9 Å². The predicted octanol–water partition coefficient (Wildman–Crippen LogP) is 4.11. The van der Waals surface area contributed by atoms with Gasteiger partial charge >= 0.3 is 0 Å². The molecule has 5 rings (SSSR count). The van der Waals surface area contributed by atoms with E-state index < -0.39 is 0 Å². The molecule has 1 amide bonds. The molecule has 156 valence electrons. The topological polar surface area (TPSA) is 62.5 Å². The number of carbonyl (C=O) groups is 1. The zero-order valence-corrected chi connectivity index (χ0v) is 17.3. The largest absolute Gasteiger partial charge is 0.340 e. The van der Waals surface area contributed by atoms with Crippen molar-refractivity contribution in [2.24, 2.45) is 5.92 Å². The second kappa shape index (κ2) is 8.56. The molecule has 0 unspecified atom stereocenters. The van der Waals surface area contributed by atoms with E-state index in [9.17, 15) is 4.79 Å². The fourth-order valence-corrected chi connectivity index (χ4v) is 4.77. The molecular weight excluding hydrogens is 376 g/mol. The molecule has 0 atom stereocenters. The summed E-state index contributed by atoms with van der Waals surface area (Å²) in [4.78, 5) is 21.8. The smallest absolute Gasteiger partial charge is 0.258 e. The van der Waals surface area contributed by atoms with Crippen LogP contribution in [0.3, 0.4) is 0 Å². The molecule has 1 aliphatic heterocycles. The molecule has 1 saturated heterocycles. The SMILES string of the molecule is O=C(C1CCCCC1)N1CCN(Cc2noc(-c3cccc4ccccc34)n2)CC1. The first-order valence-corrected chi connectivity index (χ1v) is 11.1. The fraction of sp³-hybridized carbons (Fsp3) is 0.458. The van der Waals surface area contributed by atoms with Crippen LogP contribution in [-0.4, -0.2) is 52.0 Å². The minimum atomic E-state index is 0.255. The van der Waals surface area contributed by atoms with Crippen LogP contribution in [-0.2, 0) is 11.3 Å². The lowest BCUT2D eigenvalue weighted by molar-refractivity contribution is -0.138. The molecule has 2 fully saturated rings. The predicted molar refractivity (Wildman–Crippen MR) is 116 cm³/mol. The number of carbonyl (C=O) groups excluding carboxylic acids is 1. The first-order chi connectivity index (χ1) is 14.8. The number of rotatable bonds is 4. The molecular formula is C24H28N4O2. The molecule has 1 aliphatic carbocycles. The first-order valence-electron chi connectivity index (χ1n) is 11.1. The van der Waals surface area contributed by atoms with Crippen molar-refractivity contribution < 1.29 is 9.32 Å². The van der Waals surface area contributed by atoms with E-state index in [1.165, 1.54) is 19.3 Å². The second-order valence-corrected chi connectivity index (χ2v) is 8.48. The van der Waals surface area contributed by atoms with Crippen molar-refractivity contribution in [3.05, 3.63) is 48.3 Å². The van der Waals surface area contributed by atoms with Crippen LogP contribution in [0.25, 0.3) is 22.2 Å². The highest BCUT2D eigenvalue weighted by atomic mass is 16.5. The normalized spacial score (nSPS) is 18.7. The second-order valence-electron chi connectivity index (χ2n) is 8.48. The molecule has 6 heteroatoms. The van der Waals surface area contributed by atoms with Gasteiger partial charge < -0.3 is 9.42 Å². The van der Waals surface area contributed by atoms with E-state index in [4.69, 9.17) is 4.52 Å². The molecule has 0 radical (unpaired) electrons. The van der Waals surface area contributed by atoms with E-state index >= 15 is 0 Å². The van der Waals surface area contributed by atoms with Gasteiger partial charge in [-0.15, -0.1) is 0 Å². The molecule has 3 aromatic rings. The number of aromatic nitrogens is 2. The Morgan fingerprint density at radius 2 is 1.73 bits per heavy atom. The summed E-state index contributed by atoms with van der Waals surface area (Å²) in [7, 11) is 0. The first kappa shape index (κ1) is 19.2. The third kappa shape index (κ3) is 3.97. The average Bonchev–Trinajstić information content (AvgIpc) is 3.27. The van der Waals surface area contributed by atoms with Gasteiger partial charge in [0.05, 0.1) is 6.54 Å². The molecule has 2 aliphatic rings. The van der Waals surface area contributed by atoms with Crippen LogP contribution < -0.4 is 0 Å². The van der Waals surface area contributed by atoms with Crippen LogP contribution in [0.5, 0.6) is 0 Å². The monoisotopic (exact) mass is 404 g/mol. The Morgan fingerprint density at radius 1 is 0.967 bits per heavy atom. The number of benzene rings is 2. The van der Waals surface area contributed by atoms with Crippen molar-refractivity contribution >= 4 is 16.7 Å². The van der Waals surface area contributed by atoms with Crippen molar-refractivity contribution in [2.75, 3.05) is 26.2 Å². The summed E-state index contributed by atoms with van der Waals surface area (Å²) in [6.07, 6.45) is 5.82. The summed E-state index contributed by atoms with van der Waals surface area (Å²) in [5, 5.41) is 6.49. The lowest BCUT2D eigenvalue weighted by Gasteiger charge is -2.36. The Labute approximate surface area is 176 Å². The summed E-state index contributed by atoms with van der Waals surface area (Å²) in [6, 6.07) is 14.4. The van der Waals surface area contributed by atoms with Gasteiger partial charge in [-0.25, -0.2) is 0 Å². The lowest BCUT2D eigenvalue weighted by Crippen LogP contribution is -2.50. The van der Waals surface area contributed by atoms with Crippen LogP contribution in [0.15, 0.2) is 47.0 Å². The summed E-state index contributed by atoms with van der Waals surface area (Å²) in [5.41, 5.74) is 0.967. The minimum absolute atomic E-state index is 0.255. The highest BCUT2D eigenvalue weighted by molar-refractivity contribution is 5.94. The molecule has 1 saturated carbocycles. The third-order valence-electron chi connectivity index (χ3n) is 6.49. The molecule has 0 bridgehead atoms. The average molecular weight is 405 g/mol. The van der Waals surface area contributed by atoms with E-state index in [0.717, 1.165) is 55.4 Å². The highest BCUT2D eigenvalue weighted by Crippen LogP contribution is 2.28. The summed E-state index contributed by atoms with van der Waals surface area (Å²) in [6.45, 7) is 3.96. The van der Waals surface area contributed by atoms with Crippen LogP contribution in [0.1, 0.15) is 37.9 Å². The number of nitrogens with zero attached hydrogens (tertiary/aromatic N) is 4. The lowest BCUT2D eigenvalue weighted by atomic mass is 9.88. The van der Waals surface area contributed by atoms with Crippen LogP contribution in [0.4, 0.5) is 0 Å². The zero-order chi connectivity index (χ0) is 20.3. The highest BCUT2D eigenvalue weighted by Gasteiger charge is 2.28. The van der Waals surface area contributed by atoms with Crippen molar-refractivity contribution in [3.8, 4) is 11.5 Å². The van der Waals surface area contributed by atoms with E-state index in [0.29, 0.717) is 24.2 Å². The van der Waals surface area contributed by atoms with E-state index in [-0.39, 0.29) is 5.92 Å². The van der Waals surface area contributed by atoms with Crippen molar-refractivity contribution in [2.45, 2.75) is 38.6 Å². The molecule has 1 aromatic heterocycles. The standard InChI is InChI=1S/C24H28N4O2/c29-24(19-8-2-1-3-9-19)28-15-13-27(14-16-28)17-22-25-23(30-26-22)21-12-6-10-18-7-4-5-11-20(18)21/h4-7,10-12,19H,1-3,8-9,13-17H2. The zero-order valence-electron chi connectivity index (χ0n) is 17.3.